The molecule has 0 aromatic heterocycles. The van der Waals surface area contributed by atoms with E-state index in [1.807, 2.05) is 11.8 Å². The van der Waals surface area contributed by atoms with Crippen molar-refractivity contribution in [1.29, 1.82) is 5.41 Å². The van der Waals surface area contributed by atoms with E-state index >= 15 is 0 Å². The maximum atomic E-state index is 8.92. The summed E-state index contributed by atoms with van der Waals surface area (Å²) in [6.45, 7) is 5.40. The Morgan fingerprint density at radius 3 is 3.05 bits per heavy atom. The van der Waals surface area contributed by atoms with Crippen LogP contribution < -0.4 is 10.8 Å². The molecule has 20 heavy (non-hydrogen) atoms. The predicted molar refractivity (Wildman–Crippen MR) is 79.7 cm³/mol. The van der Waals surface area contributed by atoms with Gasteiger partial charge in [-0.05, 0) is 19.9 Å². The summed E-state index contributed by atoms with van der Waals surface area (Å²) in [7, 11) is 0. The van der Waals surface area contributed by atoms with Crippen LogP contribution in [0.25, 0.3) is 0 Å². The van der Waals surface area contributed by atoms with Gasteiger partial charge in [-0.3, -0.25) is 10.2 Å². The molecule has 4 N–H and O–H groups in total. The number of aliphatic hydroxyl groups is 1. The minimum absolute atomic E-state index is 0.0306. The first kappa shape index (κ1) is 16.9. The van der Waals surface area contributed by atoms with Crippen LogP contribution in [0, 0.1) is 5.41 Å². The van der Waals surface area contributed by atoms with E-state index in [0.29, 0.717) is 43.1 Å². The van der Waals surface area contributed by atoms with Gasteiger partial charge in [-0.2, -0.15) is 5.48 Å². The molecule has 1 saturated heterocycles. The van der Waals surface area contributed by atoms with Gasteiger partial charge in [0.2, 0.25) is 0 Å². The second-order valence-electron chi connectivity index (χ2n) is 4.52. The molecule has 0 unspecified atom stereocenters. The van der Waals surface area contributed by atoms with Gasteiger partial charge >= 0.3 is 0 Å². The molecule has 0 aromatic rings. The van der Waals surface area contributed by atoms with Gasteiger partial charge < -0.3 is 15.3 Å². The molecule has 1 rings (SSSR count). The molecule has 1 fully saturated rings. The molecular weight excluding hydrogens is 282 g/mol. The number of rotatable bonds is 5. The van der Waals surface area contributed by atoms with E-state index in [0.717, 1.165) is 0 Å². The average molecular weight is 304 g/mol. The highest BCUT2D eigenvalue weighted by Gasteiger charge is 2.12. The lowest BCUT2D eigenvalue weighted by Crippen LogP contribution is -2.45. The minimum atomic E-state index is -0.0686. The summed E-state index contributed by atoms with van der Waals surface area (Å²) in [5.74, 6) is 1.09. The third-order valence-electron chi connectivity index (χ3n) is 2.67. The third kappa shape index (κ3) is 6.33. The lowest BCUT2D eigenvalue weighted by Gasteiger charge is -2.28. The SMILES string of the molecule is C/C(=N\C(Cl)=CCC(=N)N1CCONC1)N[C@H](C)CO. The van der Waals surface area contributed by atoms with Crippen molar-refractivity contribution in [1.82, 2.24) is 15.7 Å². The molecule has 8 heteroatoms. The van der Waals surface area contributed by atoms with Crippen LogP contribution >= 0.6 is 11.6 Å². The Bertz CT molecular complexity index is 380. The molecule has 1 aliphatic heterocycles. The first-order chi connectivity index (χ1) is 9.52. The van der Waals surface area contributed by atoms with Gasteiger partial charge in [0.15, 0.2) is 0 Å². The van der Waals surface area contributed by atoms with E-state index in [2.05, 4.69) is 15.8 Å². The fraction of sp³-hybridized carbons (Fsp3) is 0.667. The second kappa shape index (κ2) is 8.91. The van der Waals surface area contributed by atoms with Gasteiger partial charge in [-0.1, -0.05) is 11.6 Å². The van der Waals surface area contributed by atoms with E-state index < -0.39 is 0 Å². The Balaban J connectivity index is 2.43. The van der Waals surface area contributed by atoms with E-state index in [1.165, 1.54) is 0 Å². The van der Waals surface area contributed by atoms with Crippen LogP contribution in [0.4, 0.5) is 0 Å². The molecule has 114 valence electrons. The highest BCUT2D eigenvalue weighted by Crippen LogP contribution is 2.07. The van der Waals surface area contributed by atoms with Crippen LogP contribution in [0.2, 0.25) is 0 Å². The van der Waals surface area contributed by atoms with Crippen molar-refractivity contribution in [3.63, 3.8) is 0 Å². The zero-order chi connectivity index (χ0) is 15.0. The lowest BCUT2D eigenvalue weighted by atomic mass is 10.3. The monoisotopic (exact) mass is 303 g/mol. The highest BCUT2D eigenvalue weighted by molar-refractivity contribution is 6.30. The molecule has 0 aliphatic carbocycles. The normalized spacial score (nSPS) is 18.9. The molecule has 0 aromatic carbocycles. The van der Waals surface area contributed by atoms with Crippen molar-refractivity contribution < 1.29 is 9.94 Å². The number of halogens is 1. The fourth-order valence-corrected chi connectivity index (χ4v) is 1.82. The van der Waals surface area contributed by atoms with Gasteiger partial charge in [0, 0.05) is 19.0 Å². The van der Waals surface area contributed by atoms with Gasteiger partial charge in [-0.15, -0.1) is 0 Å². The first-order valence-electron chi connectivity index (χ1n) is 6.48. The molecule has 0 spiro atoms. The number of hydroxylamine groups is 1. The Hall–Kier alpha value is -1.15. The Morgan fingerprint density at radius 2 is 2.45 bits per heavy atom. The summed E-state index contributed by atoms with van der Waals surface area (Å²) in [5, 5.41) is 20.2. The Morgan fingerprint density at radius 1 is 1.70 bits per heavy atom. The zero-order valence-electron chi connectivity index (χ0n) is 11.8. The van der Waals surface area contributed by atoms with Crippen molar-refractivity contribution in [2.24, 2.45) is 4.99 Å². The average Bonchev–Trinajstić information content (AvgIpc) is 2.45. The number of nitrogens with one attached hydrogen (secondary N) is 3. The minimum Gasteiger partial charge on any atom is -0.394 e. The Labute approximate surface area is 124 Å². The van der Waals surface area contributed by atoms with Crippen molar-refractivity contribution in [2.75, 3.05) is 26.4 Å². The maximum absolute atomic E-state index is 8.92. The Kier molecular flexibility index (Phi) is 7.53. The quantitative estimate of drug-likeness (QED) is 0.339. The van der Waals surface area contributed by atoms with Crippen LogP contribution in [-0.2, 0) is 4.84 Å². The molecule has 1 aliphatic rings. The van der Waals surface area contributed by atoms with Crippen molar-refractivity contribution in [2.45, 2.75) is 26.3 Å². The number of aliphatic hydroxyl groups excluding tert-OH is 1. The molecular formula is C12H22ClN5O2. The highest BCUT2D eigenvalue weighted by atomic mass is 35.5. The molecule has 0 saturated carbocycles. The predicted octanol–water partition coefficient (Wildman–Crippen LogP) is 0.617. The van der Waals surface area contributed by atoms with Gasteiger partial charge in [-0.25, -0.2) is 4.99 Å². The summed E-state index contributed by atoms with van der Waals surface area (Å²) < 4.78 is 0. The standard InChI is InChI=1S/C12H22ClN5O2/c1-9(7-19)16-10(2)17-11(13)3-4-12(14)18-5-6-20-15-8-18/h3,9,14-15,19H,4-8H2,1-2H3,(H,16,17)/t9-/m1/s1. The smallest absolute Gasteiger partial charge is 0.127 e. The van der Waals surface area contributed by atoms with Crippen molar-refractivity contribution in [3.05, 3.63) is 11.2 Å². The largest absolute Gasteiger partial charge is 0.394 e. The summed E-state index contributed by atoms with van der Waals surface area (Å²) in [6.07, 6.45) is 2.10. The van der Waals surface area contributed by atoms with Gasteiger partial charge in [0.25, 0.3) is 0 Å². The summed E-state index contributed by atoms with van der Waals surface area (Å²) in [5.41, 5.74) is 2.73. The topological polar surface area (TPSA) is 93.0 Å². The van der Waals surface area contributed by atoms with Crippen LogP contribution in [0.1, 0.15) is 20.3 Å². The van der Waals surface area contributed by atoms with Crippen LogP contribution in [0.3, 0.4) is 0 Å². The summed E-state index contributed by atoms with van der Waals surface area (Å²) in [4.78, 5) is 11.0. The van der Waals surface area contributed by atoms with Crippen molar-refractivity contribution in [3.8, 4) is 0 Å². The fourth-order valence-electron chi connectivity index (χ4n) is 1.61. The van der Waals surface area contributed by atoms with E-state index in [9.17, 15) is 0 Å². The van der Waals surface area contributed by atoms with Gasteiger partial charge in [0.1, 0.15) is 16.8 Å². The molecule has 0 amide bonds. The van der Waals surface area contributed by atoms with E-state index in [-0.39, 0.29) is 12.6 Å². The van der Waals surface area contributed by atoms with E-state index in [1.54, 1.807) is 13.0 Å². The van der Waals surface area contributed by atoms with Crippen LogP contribution in [0.15, 0.2) is 16.2 Å². The molecule has 0 bridgehead atoms. The molecule has 1 atom stereocenters. The van der Waals surface area contributed by atoms with Crippen LogP contribution in [-0.4, -0.2) is 54.1 Å². The first-order valence-corrected chi connectivity index (χ1v) is 6.86. The number of aliphatic imine (C=N–C) groups is 1. The van der Waals surface area contributed by atoms with E-state index in [4.69, 9.17) is 27.0 Å². The maximum Gasteiger partial charge on any atom is 0.127 e. The van der Waals surface area contributed by atoms with Crippen LogP contribution in [0.5, 0.6) is 0 Å². The lowest BCUT2D eigenvalue weighted by molar-refractivity contribution is -0.0235. The molecule has 1 heterocycles. The number of hydrogen-bond acceptors (Lipinski definition) is 5. The number of hydrogen-bond donors (Lipinski definition) is 4. The second-order valence-corrected chi connectivity index (χ2v) is 4.90. The molecule has 7 nitrogen and oxygen atoms in total. The summed E-state index contributed by atoms with van der Waals surface area (Å²) >= 11 is 6.00. The van der Waals surface area contributed by atoms with Gasteiger partial charge in [0.05, 0.1) is 19.9 Å². The third-order valence-corrected chi connectivity index (χ3v) is 2.91. The van der Waals surface area contributed by atoms with Crippen molar-refractivity contribution >= 4 is 23.3 Å². The zero-order valence-corrected chi connectivity index (χ0v) is 12.6. The number of amidine groups is 2. The molecule has 0 radical (unpaired) electrons. The number of nitrogens with zero attached hydrogens (tertiary/aromatic N) is 2. The summed E-state index contributed by atoms with van der Waals surface area (Å²) in [6, 6.07) is -0.0686.